The molecule has 5 atom stereocenters. The van der Waals surface area contributed by atoms with Gasteiger partial charge >= 0.3 is 0 Å². The molecule has 0 spiro atoms. The number of methoxy groups -OCH3 is 1. The van der Waals surface area contributed by atoms with Crippen molar-refractivity contribution >= 4 is 0 Å². The van der Waals surface area contributed by atoms with E-state index in [2.05, 4.69) is 0 Å². The predicted molar refractivity (Wildman–Crippen MR) is 41.3 cm³/mol. The first-order chi connectivity index (χ1) is 5.57. The summed E-state index contributed by atoms with van der Waals surface area (Å²) < 4.78 is 10.0. The van der Waals surface area contributed by atoms with E-state index in [-0.39, 0.29) is 0 Å². The maximum Gasteiger partial charge on any atom is 0.175 e. The SMILES string of the molecule is CO[C@H]1O[C@H](C)[C@@H](O)[C@H](O)[C@H]1N. The number of ether oxygens (including phenoxy) is 2. The Hall–Kier alpha value is -0.200. The normalized spacial score (nSPS) is 49.2. The molecular formula is C7H15NO4. The summed E-state index contributed by atoms with van der Waals surface area (Å²) in [6, 6.07) is -0.693. The van der Waals surface area contributed by atoms with E-state index in [1.54, 1.807) is 6.92 Å². The summed E-state index contributed by atoms with van der Waals surface area (Å²) in [6.07, 6.45) is -3.02. The topological polar surface area (TPSA) is 84.9 Å². The van der Waals surface area contributed by atoms with Crippen molar-refractivity contribution in [3.05, 3.63) is 0 Å². The molecule has 1 fully saturated rings. The summed E-state index contributed by atoms with van der Waals surface area (Å²) in [5, 5.41) is 18.7. The van der Waals surface area contributed by atoms with Crippen molar-refractivity contribution in [2.75, 3.05) is 7.11 Å². The van der Waals surface area contributed by atoms with E-state index >= 15 is 0 Å². The second-order valence-electron chi connectivity index (χ2n) is 3.00. The lowest BCUT2D eigenvalue weighted by Crippen LogP contribution is -2.60. The van der Waals surface area contributed by atoms with Gasteiger partial charge in [0, 0.05) is 7.11 Å². The number of rotatable bonds is 1. The first-order valence-electron chi connectivity index (χ1n) is 3.88. The molecule has 5 heteroatoms. The van der Waals surface area contributed by atoms with E-state index in [1.165, 1.54) is 7.11 Å². The average Bonchev–Trinajstić information content (AvgIpc) is 2.08. The van der Waals surface area contributed by atoms with Crippen molar-refractivity contribution < 1.29 is 19.7 Å². The van der Waals surface area contributed by atoms with Gasteiger partial charge in [-0.15, -0.1) is 0 Å². The molecule has 0 aromatic carbocycles. The Morgan fingerprint density at radius 1 is 1.33 bits per heavy atom. The van der Waals surface area contributed by atoms with Crippen molar-refractivity contribution in [1.82, 2.24) is 0 Å². The van der Waals surface area contributed by atoms with Crippen LogP contribution in [-0.4, -0.2) is 48.0 Å². The third-order valence-electron chi connectivity index (χ3n) is 2.12. The zero-order valence-electron chi connectivity index (χ0n) is 7.18. The highest BCUT2D eigenvalue weighted by Gasteiger charge is 2.40. The molecule has 0 aromatic rings. The van der Waals surface area contributed by atoms with Crippen LogP contribution in [0.1, 0.15) is 6.92 Å². The number of hydrogen-bond acceptors (Lipinski definition) is 5. The molecule has 1 rings (SSSR count). The molecular weight excluding hydrogens is 162 g/mol. The summed E-state index contributed by atoms with van der Waals surface area (Å²) >= 11 is 0. The van der Waals surface area contributed by atoms with Crippen LogP contribution in [0.4, 0.5) is 0 Å². The minimum Gasteiger partial charge on any atom is -0.388 e. The first kappa shape index (κ1) is 9.88. The van der Waals surface area contributed by atoms with Crippen LogP contribution in [0.3, 0.4) is 0 Å². The average molecular weight is 177 g/mol. The van der Waals surface area contributed by atoms with E-state index < -0.39 is 30.6 Å². The fraction of sp³-hybridized carbons (Fsp3) is 1.00. The van der Waals surface area contributed by atoms with Gasteiger partial charge in [-0.2, -0.15) is 0 Å². The molecule has 0 saturated carbocycles. The number of hydrogen-bond donors (Lipinski definition) is 3. The zero-order chi connectivity index (χ0) is 9.30. The number of nitrogens with two attached hydrogens (primary N) is 1. The molecule has 0 aliphatic carbocycles. The molecule has 0 unspecified atom stereocenters. The van der Waals surface area contributed by atoms with Crippen LogP contribution in [0.25, 0.3) is 0 Å². The lowest BCUT2D eigenvalue weighted by molar-refractivity contribution is -0.246. The third-order valence-corrected chi connectivity index (χ3v) is 2.12. The van der Waals surface area contributed by atoms with Crippen LogP contribution in [0.5, 0.6) is 0 Å². The van der Waals surface area contributed by atoms with Gasteiger partial charge in [-0.1, -0.05) is 0 Å². The fourth-order valence-electron chi connectivity index (χ4n) is 1.26. The fourth-order valence-corrected chi connectivity index (χ4v) is 1.26. The molecule has 0 bridgehead atoms. The van der Waals surface area contributed by atoms with Gasteiger partial charge in [0.1, 0.15) is 12.2 Å². The maximum atomic E-state index is 9.38. The van der Waals surface area contributed by atoms with Gasteiger partial charge in [0.15, 0.2) is 6.29 Å². The standard InChI is InChI=1S/C7H15NO4/c1-3-5(9)6(10)4(8)7(11-2)12-3/h3-7,9-10H,8H2,1-2H3/t3-,4-,5-,6-,7+/m1/s1. The van der Waals surface area contributed by atoms with E-state index in [1.807, 2.05) is 0 Å². The Balaban J connectivity index is 2.63. The molecule has 1 heterocycles. The summed E-state index contributed by atoms with van der Waals surface area (Å²) in [5.41, 5.74) is 5.53. The minimum atomic E-state index is -0.987. The molecule has 5 nitrogen and oxygen atoms in total. The molecule has 0 amide bonds. The minimum absolute atomic E-state index is 0.454. The number of aliphatic hydroxyl groups is 2. The molecule has 4 N–H and O–H groups in total. The summed E-state index contributed by atoms with van der Waals surface area (Å²) in [6.45, 7) is 1.66. The van der Waals surface area contributed by atoms with Crippen molar-refractivity contribution in [2.45, 2.75) is 37.6 Å². The Morgan fingerprint density at radius 3 is 2.42 bits per heavy atom. The van der Waals surface area contributed by atoms with Crippen LogP contribution < -0.4 is 5.73 Å². The summed E-state index contributed by atoms with van der Waals surface area (Å²) in [5.74, 6) is 0. The highest BCUT2D eigenvalue weighted by atomic mass is 16.7. The van der Waals surface area contributed by atoms with Gasteiger partial charge in [-0.05, 0) is 6.92 Å². The molecule has 72 valence electrons. The van der Waals surface area contributed by atoms with Crippen LogP contribution in [0.2, 0.25) is 0 Å². The van der Waals surface area contributed by atoms with Crippen LogP contribution in [-0.2, 0) is 9.47 Å². The van der Waals surface area contributed by atoms with E-state index in [0.29, 0.717) is 0 Å². The Labute approximate surface area is 71.1 Å². The highest BCUT2D eigenvalue weighted by Crippen LogP contribution is 2.19. The maximum absolute atomic E-state index is 9.38. The smallest absolute Gasteiger partial charge is 0.175 e. The molecule has 0 aromatic heterocycles. The second-order valence-corrected chi connectivity index (χ2v) is 3.00. The second kappa shape index (κ2) is 3.68. The van der Waals surface area contributed by atoms with Crippen molar-refractivity contribution in [1.29, 1.82) is 0 Å². The van der Waals surface area contributed by atoms with Gasteiger partial charge < -0.3 is 25.4 Å². The number of aliphatic hydroxyl groups excluding tert-OH is 2. The molecule has 0 radical (unpaired) electrons. The van der Waals surface area contributed by atoms with Crippen molar-refractivity contribution in [3.63, 3.8) is 0 Å². The monoisotopic (exact) mass is 177 g/mol. The van der Waals surface area contributed by atoms with Crippen molar-refractivity contribution in [3.8, 4) is 0 Å². The largest absolute Gasteiger partial charge is 0.388 e. The summed E-state index contributed by atoms with van der Waals surface area (Å²) in [7, 11) is 1.45. The van der Waals surface area contributed by atoms with Gasteiger partial charge in [-0.25, -0.2) is 0 Å². The lowest BCUT2D eigenvalue weighted by atomic mass is 9.98. The Morgan fingerprint density at radius 2 is 1.92 bits per heavy atom. The Bertz CT molecular complexity index is 150. The first-order valence-corrected chi connectivity index (χ1v) is 3.88. The zero-order valence-corrected chi connectivity index (χ0v) is 7.18. The highest BCUT2D eigenvalue weighted by molar-refractivity contribution is 4.89. The molecule has 1 aliphatic rings. The molecule has 12 heavy (non-hydrogen) atoms. The predicted octanol–water partition coefficient (Wildman–Crippen LogP) is -1.57. The van der Waals surface area contributed by atoms with Gasteiger partial charge in [0.2, 0.25) is 0 Å². The van der Waals surface area contributed by atoms with Gasteiger partial charge in [0.25, 0.3) is 0 Å². The van der Waals surface area contributed by atoms with Gasteiger partial charge in [0.05, 0.1) is 12.1 Å². The van der Waals surface area contributed by atoms with E-state index in [0.717, 1.165) is 0 Å². The van der Waals surface area contributed by atoms with E-state index in [9.17, 15) is 10.2 Å². The van der Waals surface area contributed by atoms with Gasteiger partial charge in [-0.3, -0.25) is 0 Å². The summed E-state index contributed by atoms with van der Waals surface area (Å²) in [4.78, 5) is 0. The lowest BCUT2D eigenvalue weighted by Gasteiger charge is -2.39. The van der Waals surface area contributed by atoms with Crippen LogP contribution >= 0.6 is 0 Å². The van der Waals surface area contributed by atoms with E-state index in [4.69, 9.17) is 15.2 Å². The molecule has 1 saturated heterocycles. The van der Waals surface area contributed by atoms with Crippen molar-refractivity contribution in [2.24, 2.45) is 5.73 Å². The molecule has 1 aliphatic heterocycles. The van der Waals surface area contributed by atoms with Crippen LogP contribution in [0, 0.1) is 0 Å². The Kier molecular flexibility index (Phi) is 3.03. The quantitative estimate of drug-likeness (QED) is 0.450. The third kappa shape index (κ3) is 1.60. The van der Waals surface area contributed by atoms with Crippen LogP contribution in [0.15, 0.2) is 0 Å².